The van der Waals surface area contributed by atoms with Gasteiger partial charge < -0.3 is 13.7 Å². The summed E-state index contributed by atoms with van der Waals surface area (Å²) in [6, 6.07) is 18.3. The average molecular weight is 407 g/mol. The number of rotatable bonds is 8. The van der Waals surface area contributed by atoms with Crippen molar-refractivity contribution in [2.45, 2.75) is 30.8 Å². The van der Waals surface area contributed by atoms with Crippen molar-refractivity contribution in [1.29, 1.82) is 0 Å². The van der Waals surface area contributed by atoms with Crippen LogP contribution in [0.5, 0.6) is 5.75 Å². The highest BCUT2D eigenvalue weighted by atomic mass is 32.2. The van der Waals surface area contributed by atoms with Gasteiger partial charge in [-0.3, -0.25) is 0 Å². The molecule has 0 saturated heterocycles. The van der Waals surface area contributed by atoms with E-state index in [0.29, 0.717) is 17.5 Å². The number of hydrogen-bond acceptors (Lipinski definition) is 7. The molecule has 0 atom stereocenters. The van der Waals surface area contributed by atoms with Gasteiger partial charge in [0.2, 0.25) is 11.8 Å². The SMILES string of the molecule is COc1ccc(-c2nnc(SCc3nnc(C)o3)n2CCc2ccccc2)cc1. The van der Waals surface area contributed by atoms with Gasteiger partial charge in [0.05, 0.1) is 12.9 Å². The summed E-state index contributed by atoms with van der Waals surface area (Å²) in [5.41, 5.74) is 2.26. The molecule has 4 rings (SSSR count). The molecule has 7 nitrogen and oxygen atoms in total. The molecule has 0 unspecified atom stereocenters. The number of benzene rings is 2. The van der Waals surface area contributed by atoms with Gasteiger partial charge in [0.25, 0.3) is 0 Å². The molecule has 2 heterocycles. The van der Waals surface area contributed by atoms with Gasteiger partial charge in [-0.15, -0.1) is 20.4 Å². The fourth-order valence-electron chi connectivity index (χ4n) is 2.96. The lowest BCUT2D eigenvalue weighted by Gasteiger charge is -2.10. The van der Waals surface area contributed by atoms with E-state index in [2.05, 4.69) is 49.2 Å². The lowest BCUT2D eigenvalue weighted by Crippen LogP contribution is -2.05. The monoisotopic (exact) mass is 407 g/mol. The molecule has 0 spiro atoms. The van der Waals surface area contributed by atoms with Gasteiger partial charge >= 0.3 is 0 Å². The maximum Gasteiger partial charge on any atom is 0.226 e. The zero-order valence-electron chi connectivity index (χ0n) is 16.3. The van der Waals surface area contributed by atoms with Crippen LogP contribution in [0.3, 0.4) is 0 Å². The van der Waals surface area contributed by atoms with Gasteiger partial charge in [-0.1, -0.05) is 42.1 Å². The van der Waals surface area contributed by atoms with Gasteiger partial charge in [-0.2, -0.15) is 0 Å². The third kappa shape index (κ3) is 4.65. The summed E-state index contributed by atoms with van der Waals surface area (Å²) >= 11 is 1.54. The molecule has 4 aromatic rings. The van der Waals surface area contributed by atoms with Crippen LogP contribution < -0.4 is 4.74 Å². The summed E-state index contributed by atoms with van der Waals surface area (Å²) in [4.78, 5) is 0. The Labute approximate surface area is 173 Å². The number of hydrogen-bond donors (Lipinski definition) is 0. The molecule has 0 amide bonds. The molecular weight excluding hydrogens is 386 g/mol. The zero-order valence-corrected chi connectivity index (χ0v) is 17.1. The van der Waals surface area contributed by atoms with E-state index in [-0.39, 0.29) is 0 Å². The Morgan fingerprint density at radius 2 is 1.76 bits per heavy atom. The largest absolute Gasteiger partial charge is 0.497 e. The molecule has 2 aromatic carbocycles. The van der Waals surface area contributed by atoms with Crippen molar-refractivity contribution in [1.82, 2.24) is 25.0 Å². The maximum absolute atomic E-state index is 5.48. The van der Waals surface area contributed by atoms with Crippen molar-refractivity contribution in [2.24, 2.45) is 0 Å². The Balaban J connectivity index is 1.59. The highest BCUT2D eigenvalue weighted by Crippen LogP contribution is 2.27. The van der Waals surface area contributed by atoms with Gasteiger partial charge in [-0.05, 0) is 36.2 Å². The molecule has 0 aliphatic heterocycles. The number of aromatic nitrogens is 5. The van der Waals surface area contributed by atoms with E-state index in [1.807, 2.05) is 30.3 Å². The molecule has 0 bridgehead atoms. The van der Waals surface area contributed by atoms with Crippen molar-refractivity contribution in [3.05, 3.63) is 71.9 Å². The van der Waals surface area contributed by atoms with Crippen LogP contribution in [-0.4, -0.2) is 32.1 Å². The Morgan fingerprint density at radius 3 is 2.45 bits per heavy atom. The minimum atomic E-state index is 0.549. The highest BCUT2D eigenvalue weighted by Gasteiger charge is 2.16. The van der Waals surface area contributed by atoms with E-state index in [1.165, 1.54) is 5.56 Å². The van der Waals surface area contributed by atoms with Gasteiger partial charge in [0, 0.05) is 19.0 Å². The molecule has 2 aromatic heterocycles. The fourth-order valence-corrected chi connectivity index (χ4v) is 3.76. The Bertz CT molecular complexity index is 1060. The quantitative estimate of drug-likeness (QED) is 0.405. The van der Waals surface area contributed by atoms with Crippen molar-refractivity contribution in [3.63, 3.8) is 0 Å². The van der Waals surface area contributed by atoms with E-state index in [9.17, 15) is 0 Å². The Kier molecular flexibility index (Phi) is 5.90. The molecule has 0 aliphatic rings. The third-order valence-electron chi connectivity index (χ3n) is 4.42. The first-order valence-electron chi connectivity index (χ1n) is 9.26. The van der Waals surface area contributed by atoms with Crippen molar-refractivity contribution >= 4 is 11.8 Å². The van der Waals surface area contributed by atoms with Crippen LogP contribution in [0.4, 0.5) is 0 Å². The number of ether oxygens (including phenoxy) is 1. The lowest BCUT2D eigenvalue weighted by molar-refractivity contribution is 0.415. The van der Waals surface area contributed by atoms with Gasteiger partial charge in [-0.25, -0.2) is 0 Å². The average Bonchev–Trinajstić information content (AvgIpc) is 3.37. The zero-order chi connectivity index (χ0) is 20.1. The summed E-state index contributed by atoms with van der Waals surface area (Å²) < 4.78 is 12.9. The highest BCUT2D eigenvalue weighted by molar-refractivity contribution is 7.98. The van der Waals surface area contributed by atoms with Crippen molar-refractivity contribution in [2.75, 3.05) is 7.11 Å². The number of aryl methyl sites for hydroxylation is 2. The summed E-state index contributed by atoms with van der Waals surface area (Å²) in [5, 5.41) is 17.6. The molecule has 148 valence electrons. The topological polar surface area (TPSA) is 78.9 Å². The van der Waals surface area contributed by atoms with Gasteiger partial charge in [0.1, 0.15) is 5.75 Å². The first-order chi connectivity index (χ1) is 14.2. The second-order valence-corrected chi connectivity index (χ2v) is 7.37. The summed E-state index contributed by atoms with van der Waals surface area (Å²) in [5.74, 6) is 3.33. The molecular formula is C21H21N5O2S. The summed E-state index contributed by atoms with van der Waals surface area (Å²) in [7, 11) is 1.66. The molecule has 0 radical (unpaired) electrons. The van der Waals surface area contributed by atoms with Crippen LogP contribution >= 0.6 is 11.8 Å². The molecule has 8 heteroatoms. The van der Waals surface area contributed by atoms with E-state index in [4.69, 9.17) is 9.15 Å². The molecule has 0 saturated carbocycles. The fraction of sp³-hybridized carbons (Fsp3) is 0.238. The smallest absolute Gasteiger partial charge is 0.226 e. The minimum Gasteiger partial charge on any atom is -0.497 e. The first-order valence-corrected chi connectivity index (χ1v) is 10.2. The van der Waals surface area contributed by atoms with Crippen LogP contribution in [0.2, 0.25) is 0 Å². The predicted octanol–water partition coefficient (Wildman–Crippen LogP) is 4.18. The van der Waals surface area contributed by atoms with Crippen LogP contribution in [-0.2, 0) is 18.7 Å². The summed E-state index contributed by atoms with van der Waals surface area (Å²) in [6.07, 6.45) is 0.884. The predicted molar refractivity (Wildman–Crippen MR) is 111 cm³/mol. The van der Waals surface area contributed by atoms with E-state index in [0.717, 1.165) is 35.3 Å². The molecule has 0 aliphatic carbocycles. The van der Waals surface area contributed by atoms with Crippen molar-refractivity contribution in [3.8, 4) is 17.1 Å². The van der Waals surface area contributed by atoms with E-state index >= 15 is 0 Å². The standard InChI is InChI=1S/C21H21N5O2S/c1-15-22-23-19(28-15)14-29-21-25-24-20(17-8-10-18(27-2)11-9-17)26(21)13-12-16-6-4-3-5-7-16/h3-11H,12-14H2,1-2H3. The molecule has 29 heavy (non-hydrogen) atoms. The molecule has 0 N–H and O–H groups in total. The van der Waals surface area contributed by atoms with Crippen molar-refractivity contribution < 1.29 is 9.15 Å². The number of nitrogens with zero attached hydrogens (tertiary/aromatic N) is 5. The Morgan fingerprint density at radius 1 is 0.966 bits per heavy atom. The maximum atomic E-state index is 5.48. The summed E-state index contributed by atoms with van der Waals surface area (Å²) in [6.45, 7) is 2.55. The number of thioether (sulfide) groups is 1. The van der Waals surface area contributed by atoms with E-state index in [1.54, 1.807) is 25.8 Å². The normalized spacial score (nSPS) is 11.0. The first kappa shape index (κ1) is 19.2. The molecule has 0 fully saturated rings. The third-order valence-corrected chi connectivity index (χ3v) is 5.38. The van der Waals surface area contributed by atoms with Gasteiger partial charge in [0.15, 0.2) is 11.0 Å². The Hall–Kier alpha value is -3.13. The minimum absolute atomic E-state index is 0.549. The van der Waals surface area contributed by atoms with Crippen LogP contribution in [0.25, 0.3) is 11.4 Å². The number of methoxy groups -OCH3 is 1. The van der Waals surface area contributed by atoms with Crippen LogP contribution in [0.1, 0.15) is 17.3 Å². The van der Waals surface area contributed by atoms with E-state index < -0.39 is 0 Å². The second-order valence-electron chi connectivity index (χ2n) is 6.43. The van der Waals surface area contributed by atoms with Crippen LogP contribution in [0, 0.1) is 6.92 Å². The lowest BCUT2D eigenvalue weighted by atomic mass is 10.1. The van der Waals surface area contributed by atoms with Crippen LogP contribution in [0.15, 0.2) is 64.2 Å². The second kappa shape index (κ2) is 8.91.